The highest BCUT2D eigenvalue weighted by Gasteiger charge is 2.15. The number of aryl methyl sites for hydroxylation is 1. The highest BCUT2D eigenvalue weighted by Crippen LogP contribution is 2.20. The average Bonchev–Trinajstić information content (AvgIpc) is 2.67. The maximum absolute atomic E-state index is 12.4. The topological polar surface area (TPSA) is 58.2 Å². The van der Waals surface area contributed by atoms with E-state index in [1.54, 1.807) is 12.1 Å². The van der Waals surface area contributed by atoms with Gasteiger partial charge < -0.3 is 10.6 Å². The Hall–Kier alpha value is -2.33. The van der Waals surface area contributed by atoms with E-state index in [0.29, 0.717) is 30.3 Å². The van der Waals surface area contributed by atoms with Gasteiger partial charge in [0.25, 0.3) is 0 Å². The molecule has 0 bridgehead atoms. The zero-order valence-corrected chi connectivity index (χ0v) is 18.5. The van der Waals surface area contributed by atoms with E-state index in [1.807, 2.05) is 32.0 Å². The van der Waals surface area contributed by atoms with E-state index >= 15 is 0 Å². The monoisotopic (exact) mass is 414 g/mol. The molecule has 2 aromatic rings. The first-order valence-electron chi connectivity index (χ1n) is 10.2. The van der Waals surface area contributed by atoms with Gasteiger partial charge in [-0.15, -0.1) is 0 Å². The lowest BCUT2D eigenvalue weighted by molar-refractivity contribution is -0.122. The molecule has 0 fully saturated rings. The summed E-state index contributed by atoms with van der Waals surface area (Å²) < 4.78 is 0. The fraction of sp³-hybridized carbons (Fsp3) is 0.417. The van der Waals surface area contributed by atoms with Gasteiger partial charge in [0.2, 0.25) is 11.8 Å². The molecule has 0 aromatic heterocycles. The van der Waals surface area contributed by atoms with E-state index in [0.717, 1.165) is 23.2 Å². The lowest BCUT2D eigenvalue weighted by Gasteiger charge is -2.14. The molecule has 0 saturated carbocycles. The Bertz CT molecular complexity index is 831. The fourth-order valence-corrected chi connectivity index (χ4v) is 3.29. The first-order valence-corrected chi connectivity index (χ1v) is 10.6. The van der Waals surface area contributed by atoms with Crippen molar-refractivity contribution in [2.24, 2.45) is 5.92 Å². The minimum Gasteiger partial charge on any atom is -0.356 e. The van der Waals surface area contributed by atoms with Crippen LogP contribution in [0.1, 0.15) is 56.2 Å². The number of hydrogen-bond acceptors (Lipinski definition) is 2. The van der Waals surface area contributed by atoms with E-state index in [9.17, 15) is 9.59 Å². The molecule has 0 aliphatic heterocycles. The summed E-state index contributed by atoms with van der Waals surface area (Å²) >= 11 is 5.97. The number of carbonyl (C=O) groups is 2. The van der Waals surface area contributed by atoms with Crippen LogP contribution in [0.25, 0.3) is 0 Å². The molecular formula is C24H31ClN2O2. The van der Waals surface area contributed by atoms with Crippen LogP contribution in [0.4, 0.5) is 5.69 Å². The number of amides is 2. The normalized spacial score (nSPS) is 11.9. The summed E-state index contributed by atoms with van der Waals surface area (Å²) in [6.07, 6.45) is 1.96. The van der Waals surface area contributed by atoms with Crippen molar-refractivity contribution in [3.63, 3.8) is 0 Å². The van der Waals surface area contributed by atoms with Crippen LogP contribution in [0.5, 0.6) is 0 Å². The number of carbonyl (C=O) groups excluding carboxylic acids is 2. The predicted molar refractivity (Wildman–Crippen MR) is 120 cm³/mol. The van der Waals surface area contributed by atoms with Crippen molar-refractivity contribution in [1.82, 2.24) is 5.32 Å². The lowest BCUT2D eigenvalue weighted by atomic mass is 9.96. The van der Waals surface area contributed by atoms with Crippen LogP contribution in [0.15, 0.2) is 42.5 Å². The first kappa shape index (κ1) is 23.0. The molecule has 0 heterocycles. The Morgan fingerprint density at radius 2 is 1.72 bits per heavy atom. The Labute approximate surface area is 179 Å². The number of nitrogens with one attached hydrogen (secondary N) is 2. The maximum atomic E-state index is 12.4. The third-order valence-corrected chi connectivity index (χ3v) is 5.11. The number of hydrogen-bond donors (Lipinski definition) is 2. The summed E-state index contributed by atoms with van der Waals surface area (Å²) in [4.78, 5) is 24.5. The van der Waals surface area contributed by atoms with Crippen LogP contribution in [-0.2, 0) is 16.0 Å². The quantitative estimate of drug-likeness (QED) is 0.533. The van der Waals surface area contributed by atoms with Gasteiger partial charge in [-0.1, -0.05) is 55.8 Å². The molecule has 4 nitrogen and oxygen atoms in total. The number of rotatable bonds is 9. The van der Waals surface area contributed by atoms with Gasteiger partial charge in [0.15, 0.2) is 0 Å². The number of benzene rings is 2. The molecule has 2 N–H and O–H groups in total. The first-order chi connectivity index (χ1) is 13.8. The number of anilines is 1. The van der Waals surface area contributed by atoms with Crippen LogP contribution in [0.2, 0.25) is 5.02 Å². The summed E-state index contributed by atoms with van der Waals surface area (Å²) in [6, 6.07) is 13.7. The highest BCUT2D eigenvalue weighted by atomic mass is 35.5. The molecule has 2 amide bonds. The molecule has 0 spiro atoms. The molecule has 0 radical (unpaired) electrons. The summed E-state index contributed by atoms with van der Waals surface area (Å²) in [6.45, 7) is 8.68. The second-order valence-electron chi connectivity index (χ2n) is 7.96. The molecule has 0 aliphatic carbocycles. The van der Waals surface area contributed by atoms with Crippen LogP contribution in [-0.4, -0.2) is 18.4 Å². The highest BCUT2D eigenvalue weighted by molar-refractivity contribution is 6.31. The largest absolute Gasteiger partial charge is 0.356 e. The van der Waals surface area contributed by atoms with E-state index in [2.05, 4.69) is 36.6 Å². The SMILES string of the molecule is Cc1ccc(Cl)cc1NC(=O)CCCNC(=O)C(C)c1ccc(CC(C)C)cc1. The maximum Gasteiger partial charge on any atom is 0.227 e. The number of halogens is 1. The lowest BCUT2D eigenvalue weighted by Crippen LogP contribution is -2.29. The molecule has 1 atom stereocenters. The Balaban J connectivity index is 1.74. The van der Waals surface area contributed by atoms with Gasteiger partial charge in [-0.3, -0.25) is 9.59 Å². The summed E-state index contributed by atoms with van der Waals surface area (Å²) in [5.41, 5.74) is 3.98. The molecule has 156 valence electrons. The predicted octanol–water partition coefficient (Wildman–Crippen LogP) is 5.49. The fourth-order valence-electron chi connectivity index (χ4n) is 3.12. The van der Waals surface area contributed by atoms with Crippen LogP contribution in [0, 0.1) is 12.8 Å². The minimum absolute atomic E-state index is 0.0206. The third kappa shape index (κ3) is 7.54. The van der Waals surface area contributed by atoms with Crippen molar-refractivity contribution >= 4 is 29.1 Å². The van der Waals surface area contributed by atoms with Gasteiger partial charge in [0, 0.05) is 23.7 Å². The molecule has 2 rings (SSSR count). The van der Waals surface area contributed by atoms with Crippen molar-refractivity contribution in [1.29, 1.82) is 0 Å². The van der Waals surface area contributed by atoms with E-state index in [4.69, 9.17) is 11.6 Å². The van der Waals surface area contributed by atoms with Gasteiger partial charge in [0.1, 0.15) is 0 Å². The second kappa shape index (κ2) is 11.0. The van der Waals surface area contributed by atoms with Gasteiger partial charge in [0.05, 0.1) is 5.92 Å². The second-order valence-corrected chi connectivity index (χ2v) is 8.40. The molecule has 1 unspecified atom stereocenters. The molecule has 5 heteroatoms. The Morgan fingerprint density at radius 3 is 2.38 bits per heavy atom. The third-order valence-electron chi connectivity index (χ3n) is 4.87. The zero-order chi connectivity index (χ0) is 21.4. The average molecular weight is 415 g/mol. The summed E-state index contributed by atoms with van der Waals surface area (Å²) in [7, 11) is 0. The molecule has 0 aliphatic rings. The van der Waals surface area contributed by atoms with E-state index in [-0.39, 0.29) is 17.7 Å². The van der Waals surface area contributed by atoms with E-state index < -0.39 is 0 Å². The van der Waals surface area contributed by atoms with E-state index in [1.165, 1.54) is 5.56 Å². The van der Waals surface area contributed by atoms with Crippen molar-refractivity contribution in [2.45, 2.75) is 52.9 Å². The molecule has 29 heavy (non-hydrogen) atoms. The van der Waals surface area contributed by atoms with Crippen molar-refractivity contribution in [3.05, 3.63) is 64.2 Å². The summed E-state index contributed by atoms with van der Waals surface area (Å²) in [5, 5.41) is 6.39. The van der Waals surface area contributed by atoms with Crippen molar-refractivity contribution < 1.29 is 9.59 Å². The van der Waals surface area contributed by atoms with Crippen molar-refractivity contribution in [2.75, 3.05) is 11.9 Å². The summed E-state index contributed by atoms with van der Waals surface area (Å²) in [5.74, 6) is 0.290. The Kier molecular flexibility index (Phi) is 8.71. The van der Waals surface area contributed by atoms with Gasteiger partial charge in [-0.05, 0) is 61.4 Å². The van der Waals surface area contributed by atoms with Gasteiger partial charge in [-0.2, -0.15) is 0 Å². The molecule has 2 aromatic carbocycles. The molecule has 0 saturated heterocycles. The van der Waals surface area contributed by atoms with Crippen LogP contribution in [0.3, 0.4) is 0 Å². The van der Waals surface area contributed by atoms with Crippen molar-refractivity contribution in [3.8, 4) is 0 Å². The standard InChI is InChI=1S/C24H31ClN2O2/c1-16(2)14-19-8-10-20(11-9-19)18(4)24(29)26-13-5-6-23(28)27-22-15-21(25)12-7-17(22)3/h7-12,15-16,18H,5-6,13-14H2,1-4H3,(H,26,29)(H,27,28). The van der Waals surface area contributed by atoms with Crippen LogP contribution < -0.4 is 10.6 Å². The smallest absolute Gasteiger partial charge is 0.227 e. The minimum atomic E-state index is -0.217. The van der Waals surface area contributed by atoms with Crippen LogP contribution >= 0.6 is 11.6 Å². The zero-order valence-electron chi connectivity index (χ0n) is 17.7. The Morgan fingerprint density at radius 1 is 1.03 bits per heavy atom. The van der Waals surface area contributed by atoms with Gasteiger partial charge in [-0.25, -0.2) is 0 Å². The van der Waals surface area contributed by atoms with Gasteiger partial charge >= 0.3 is 0 Å². The molecular weight excluding hydrogens is 384 g/mol.